The lowest BCUT2D eigenvalue weighted by Gasteiger charge is -2.31. The molecule has 5 nitrogen and oxygen atoms in total. The van der Waals surface area contributed by atoms with Crippen LogP contribution in [0.5, 0.6) is 0 Å². The van der Waals surface area contributed by atoms with Gasteiger partial charge in [-0.15, -0.1) is 0 Å². The molecule has 1 saturated heterocycles. The standard InChI is InChI=1S/C13H21N3O2S/c1-3-10-8-14-13(19-9-12(17)18)16(10)11-4-6-15(2)7-5-11/h8,11H,3-7,9H2,1-2H3,(H,17,18). The molecule has 2 heterocycles. The number of carboxylic acid groups (broad SMARTS) is 1. The summed E-state index contributed by atoms with van der Waals surface area (Å²) in [5, 5.41) is 9.67. The van der Waals surface area contributed by atoms with Crippen molar-refractivity contribution in [2.24, 2.45) is 0 Å². The van der Waals surface area contributed by atoms with E-state index in [1.165, 1.54) is 17.5 Å². The topological polar surface area (TPSA) is 58.4 Å². The normalized spacial score (nSPS) is 17.8. The van der Waals surface area contributed by atoms with Crippen molar-refractivity contribution in [3.05, 3.63) is 11.9 Å². The van der Waals surface area contributed by atoms with Crippen molar-refractivity contribution in [2.75, 3.05) is 25.9 Å². The van der Waals surface area contributed by atoms with Crippen molar-refractivity contribution >= 4 is 17.7 Å². The van der Waals surface area contributed by atoms with Gasteiger partial charge in [-0.2, -0.15) is 0 Å². The van der Waals surface area contributed by atoms with Gasteiger partial charge in [0.25, 0.3) is 0 Å². The van der Waals surface area contributed by atoms with E-state index in [0.29, 0.717) is 6.04 Å². The van der Waals surface area contributed by atoms with Crippen molar-refractivity contribution in [2.45, 2.75) is 37.4 Å². The van der Waals surface area contributed by atoms with Crippen LogP contribution in [0, 0.1) is 0 Å². The molecule has 0 spiro atoms. The van der Waals surface area contributed by atoms with Crippen LogP contribution in [0.15, 0.2) is 11.4 Å². The second kappa shape index (κ2) is 6.43. The summed E-state index contributed by atoms with van der Waals surface area (Å²) in [6.45, 7) is 4.30. The van der Waals surface area contributed by atoms with Gasteiger partial charge in [0.05, 0.1) is 5.75 Å². The first kappa shape index (κ1) is 14.4. The Labute approximate surface area is 118 Å². The Bertz CT molecular complexity index is 439. The molecular formula is C13H21N3O2S. The maximum atomic E-state index is 10.7. The highest BCUT2D eigenvalue weighted by molar-refractivity contribution is 7.99. The van der Waals surface area contributed by atoms with E-state index in [1.54, 1.807) is 0 Å². The predicted octanol–water partition coefficient (Wildman–Crippen LogP) is 1.89. The SMILES string of the molecule is CCc1cnc(SCC(=O)O)n1C1CCN(C)CC1. The monoisotopic (exact) mass is 283 g/mol. The molecule has 0 atom stereocenters. The van der Waals surface area contributed by atoms with E-state index in [4.69, 9.17) is 5.11 Å². The summed E-state index contributed by atoms with van der Waals surface area (Å²) >= 11 is 1.32. The highest BCUT2D eigenvalue weighted by Crippen LogP contribution is 2.29. The average Bonchev–Trinajstić information content (AvgIpc) is 2.80. The summed E-state index contributed by atoms with van der Waals surface area (Å²) in [5.74, 6) is -0.715. The zero-order chi connectivity index (χ0) is 13.8. The van der Waals surface area contributed by atoms with E-state index in [1.807, 2.05) is 6.20 Å². The average molecular weight is 283 g/mol. The third kappa shape index (κ3) is 3.51. The Hall–Kier alpha value is -1.01. The molecule has 0 aliphatic carbocycles. The van der Waals surface area contributed by atoms with Gasteiger partial charge in [-0.05, 0) is 39.4 Å². The Morgan fingerprint density at radius 1 is 1.53 bits per heavy atom. The summed E-state index contributed by atoms with van der Waals surface area (Å²) in [6, 6.07) is 0.463. The van der Waals surface area contributed by atoms with Crippen molar-refractivity contribution in [1.29, 1.82) is 0 Å². The van der Waals surface area contributed by atoms with E-state index >= 15 is 0 Å². The zero-order valence-electron chi connectivity index (χ0n) is 11.5. The fourth-order valence-corrected chi connectivity index (χ4v) is 3.30. The van der Waals surface area contributed by atoms with Crippen molar-refractivity contribution < 1.29 is 9.90 Å². The molecule has 2 rings (SSSR count). The molecule has 1 N–H and O–H groups in total. The quantitative estimate of drug-likeness (QED) is 0.836. The lowest BCUT2D eigenvalue weighted by atomic mass is 10.1. The molecular weight excluding hydrogens is 262 g/mol. The number of aliphatic carboxylic acids is 1. The van der Waals surface area contributed by atoms with E-state index in [0.717, 1.165) is 37.5 Å². The van der Waals surface area contributed by atoms with Gasteiger partial charge in [-0.3, -0.25) is 4.79 Å². The largest absolute Gasteiger partial charge is 0.481 e. The van der Waals surface area contributed by atoms with Crippen LogP contribution in [0.4, 0.5) is 0 Å². The highest BCUT2D eigenvalue weighted by Gasteiger charge is 2.23. The van der Waals surface area contributed by atoms with Gasteiger partial charge in [0, 0.05) is 17.9 Å². The van der Waals surface area contributed by atoms with Crippen molar-refractivity contribution in [1.82, 2.24) is 14.5 Å². The van der Waals surface area contributed by atoms with Gasteiger partial charge >= 0.3 is 5.97 Å². The molecule has 1 fully saturated rings. The molecule has 0 unspecified atom stereocenters. The van der Waals surface area contributed by atoms with Gasteiger partial charge in [0.1, 0.15) is 0 Å². The number of carboxylic acids is 1. The van der Waals surface area contributed by atoms with Crippen LogP contribution in [0.25, 0.3) is 0 Å². The van der Waals surface area contributed by atoms with Crippen LogP contribution >= 0.6 is 11.8 Å². The second-order valence-corrected chi connectivity index (χ2v) is 5.92. The number of piperidine rings is 1. The third-order valence-electron chi connectivity index (χ3n) is 3.58. The maximum Gasteiger partial charge on any atom is 0.313 e. The zero-order valence-corrected chi connectivity index (χ0v) is 12.3. The minimum absolute atomic E-state index is 0.0762. The molecule has 19 heavy (non-hydrogen) atoms. The van der Waals surface area contributed by atoms with Gasteiger partial charge < -0.3 is 14.6 Å². The van der Waals surface area contributed by atoms with E-state index in [-0.39, 0.29) is 5.75 Å². The molecule has 1 aliphatic rings. The summed E-state index contributed by atoms with van der Waals surface area (Å²) in [5.41, 5.74) is 1.21. The first-order valence-electron chi connectivity index (χ1n) is 6.71. The van der Waals surface area contributed by atoms with Crippen LogP contribution in [0.2, 0.25) is 0 Å². The number of likely N-dealkylation sites (tertiary alicyclic amines) is 1. The maximum absolute atomic E-state index is 10.7. The highest BCUT2D eigenvalue weighted by atomic mass is 32.2. The van der Waals surface area contributed by atoms with Crippen LogP contribution in [-0.2, 0) is 11.2 Å². The van der Waals surface area contributed by atoms with Crippen LogP contribution in [0.3, 0.4) is 0 Å². The van der Waals surface area contributed by atoms with E-state index in [9.17, 15) is 4.79 Å². The van der Waals surface area contributed by atoms with Gasteiger partial charge in [-0.1, -0.05) is 18.7 Å². The van der Waals surface area contributed by atoms with Crippen molar-refractivity contribution in [3.8, 4) is 0 Å². The number of nitrogens with zero attached hydrogens (tertiary/aromatic N) is 3. The van der Waals surface area contributed by atoms with E-state index in [2.05, 4.69) is 28.4 Å². The number of aryl methyl sites for hydroxylation is 1. The molecule has 1 aromatic heterocycles. The number of aromatic nitrogens is 2. The van der Waals surface area contributed by atoms with Gasteiger partial charge in [0.15, 0.2) is 5.16 Å². The number of imidazole rings is 1. The Kier molecular flexibility index (Phi) is 4.87. The Morgan fingerprint density at radius 2 is 2.21 bits per heavy atom. The first-order chi connectivity index (χ1) is 9.11. The number of thioether (sulfide) groups is 1. The molecule has 106 valence electrons. The fourth-order valence-electron chi connectivity index (χ4n) is 2.52. The molecule has 0 aromatic carbocycles. The Morgan fingerprint density at radius 3 is 2.79 bits per heavy atom. The van der Waals surface area contributed by atoms with Crippen LogP contribution in [-0.4, -0.2) is 51.4 Å². The number of rotatable bonds is 5. The second-order valence-electron chi connectivity index (χ2n) is 4.97. The van der Waals surface area contributed by atoms with Crippen LogP contribution in [0.1, 0.15) is 31.5 Å². The van der Waals surface area contributed by atoms with Crippen LogP contribution < -0.4 is 0 Å². The first-order valence-corrected chi connectivity index (χ1v) is 7.69. The molecule has 6 heteroatoms. The van der Waals surface area contributed by atoms with Crippen molar-refractivity contribution in [3.63, 3.8) is 0 Å². The molecule has 1 aromatic rings. The molecule has 1 aliphatic heterocycles. The minimum Gasteiger partial charge on any atom is -0.481 e. The lowest BCUT2D eigenvalue weighted by molar-refractivity contribution is -0.133. The summed E-state index contributed by atoms with van der Waals surface area (Å²) in [4.78, 5) is 17.5. The predicted molar refractivity (Wildman–Crippen MR) is 75.7 cm³/mol. The third-order valence-corrected chi connectivity index (χ3v) is 4.53. The summed E-state index contributed by atoms with van der Waals surface area (Å²) in [7, 11) is 2.14. The molecule has 0 saturated carbocycles. The van der Waals surface area contributed by atoms with Gasteiger partial charge in [0.2, 0.25) is 0 Å². The Balaban J connectivity index is 2.16. The number of hydrogen-bond acceptors (Lipinski definition) is 4. The fraction of sp³-hybridized carbons (Fsp3) is 0.692. The van der Waals surface area contributed by atoms with Gasteiger partial charge in [-0.25, -0.2) is 4.98 Å². The summed E-state index contributed by atoms with van der Waals surface area (Å²) in [6.07, 6.45) is 5.05. The summed E-state index contributed by atoms with van der Waals surface area (Å²) < 4.78 is 2.26. The molecule has 0 bridgehead atoms. The number of hydrogen-bond donors (Lipinski definition) is 1. The number of carbonyl (C=O) groups is 1. The smallest absolute Gasteiger partial charge is 0.313 e. The molecule has 0 radical (unpaired) electrons. The molecule has 0 amide bonds. The minimum atomic E-state index is -0.791. The van der Waals surface area contributed by atoms with E-state index < -0.39 is 5.97 Å². The lowest BCUT2D eigenvalue weighted by Crippen LogP contribution is -2.32.